The zero-order valence-electron chi connectivity index (χ0n) is 20.4. The number of carbonyl (C=O) groups is 2. The lowest BCUT2D eigenvalue weighted by Gasteiger charge is -2.25. The molecule has 0 spiro atoms. The van der Waals surface area contributed by atoms with Crippen LogP contribution in [0.1, 0.15) is 29.7 Å². The van der Waals surface area contributed by atoms with Crippen LogP contribution < -0.4 is 5.32 Å². The van der Waals surface area contributed by atoms with Crippen molar-refractivity contribution in [1.29, 1.82) is 0 Å². The zero-order chi connectivity index (χ0) is 26.1. The highest BCUT2D eigenvalue weighted by Crippen LogP contribution is 2.28. The van der Waals surface area contributed by atoms with Gasteiger partial charge in [0.2, 0.25) is 5.91 Å². The fourth-order valence-corrected chi connectivity index (χ4v) is 4.93. The van der Waals surface area contributed by atoms with Crippen LogP contribution in [-0.4, -0.2) is 66.6 Å². The van der Waals surface area contributed by atoms with Gasteiger partial charge in [0.05, 0.1) is 18.1 Å². The molecule has 2 atom stereocenters. The number of hydrogen-bond acceptors (Lipinski definition) is 7. The van der Waals surface area contributed by atoms with Crippen molar-refractivity contribution in [2.45, 2.75) is 39.0 Å². The Kier molecular flexibility index (Phi) is 6.96. The molecule has 1 aromatic carbocycles. The van der Waals surface area contributed by atoms with E-state index in [1.807, 2.05) is 43.3 Å². The quantitative estimate of drug-likeness (QED) is 0.264. The van der Waals surface area contributed by atoms with Crippen molar-refractivity contribution in [3.63, 3.8) is 0 Å². The number of aromatic nitrogens is 5. The van der Waals surface area contributed by atoms with Crippen molar-refractivity contribution in [1.82, 2.24) is 29.6 Å². The lowest BCUT2D eigenvalue weighted by atomic mass is 10.0. The van der Waals surface area contributed by atoms with Crippen LogP contribution in [0.5, 0.6) is 0 Å². The minimum Gasteiger partial charge on any atom is -0.368 e. The second-order valence-corrected chi connectivity index (χ2v) is 9.89. The number of benzene rings is 1. The summed E-state index contributed by atoms with van der Waals surface area (Å²) in [6, 6.07) is 10.7. The Morgan fingerprint density at radius 1 is 1.16 bits per heavy atom. The molecule has 1 fully saturated rings. The SMILES string of the molecule is CC(=O)c1nn(CC(=O)N2C[C@H](F)C[C@H]2CNc2cccc(Br)n2)c2ccc(-c3cnc(C)nc3)cc12. The third-order valence-electron chi connectivity index (χ3n) is 6.40. The lowest BCUT2D eigenvalue weighted by Crippen LogP contribution is -2.41. The smallest absolute Gasteiger partial charge is 0.244 e. The summed E-state index contributed by atoms with van der Waals surface area (Å²) < 4.78 is 16.6. The van der Waals surface area contributed by atoms with E-state index in [0.717, 1.165) is 11.1 Å². The maximum atomic E-state index is 14.4. The molecule has 11 heteroatoms. The molecule has 1 aliphatic rings. The molecule has 1 aliphatic heterocycles. The third-order valence-corrected chi connectivity index (χ3v) is 6.84. The van der Waals surface area contributed by atoms with Crippen molar-refractivity contribution in [2.24, 2.45) is 0 Å². The maximum absolute atomic E-state index is 14.4. The van der Waals surface area contributed by atoms with Crippen molar-refractivity contribution < 1.29 is 14.0 Å². The van der Waals surface area contributed by atoms with Gasteiger partial charge in [0.1, 0.15) is 34.7 Å². The summed E-state index contributed by atoms with van der Waals surface area (Å²) in [6.45, 7) is 3.55. The van der Waals surface area contributed by atoms with Gasteiger partial charge in [-0.2, -0.15) is 5.10 Å². The third kappa shape index (κ3) is 5.36. The topological polar surface area (TPSA) is 106 Å². The summed E-state index contributed by atoms with van der Waals surface area (Å²) >= 11 is 3.33. The van der Waals surface area contributed by atoms with Crippen molar-refractivity contribution in [2.75, 3.05) is 18.4 Å². The molecule has 0 saturated carbocycles. The van der Waals surface area contributed by atoms with Crippen LogP contribution in [0, 0.1) is 6.92 Å². The average Bonchev–Trinajstić information content (AvgIpc) is 3.43. The Bertz CT molecular complexity index is 1470. The van der Waals surface area contributed by atoms with Crippen molar-refractivity contribution >= 4 is 44.3 Å². The number of likely N-dealkylation sites (tertiary alicyclic amines) is 1. The van der Waals surface area contributed by atoms with E-state index in [9.17, 15) is 14.0 Å². The van der Waals surface area contributed by atoms with Crippen LogP contribution in [0.15, 0.2) is 53.4 Å². The number of pyridine rings is 1. The number of fused-ring (bicyclic) bond motifs is 1. The van der Waals surface area contributed by atoms with E-state index in [1.54, 1.807) is 17.3 Å². The second-order valence-electron chi connectivity index (χ2n) is 9.07. The van der Waals surface area contributed by atoms with Gasteiger partial charge >= 0.3 is 0 Å². The minimum absolute atomic E-state index is 0.0213. The first-order chi connectivity index (χ1) is 17.8. The van der Waals surface area contributed by atoms with Crippen molar-refractivity contribution in [3.05, 3.63) is 64.9 Å². The van der Waals surface area contributed by atoms with E-state index < -0.39 is 6.17 Å². The van der Waals surface area contributed by atoms with Crippen LogP contribution in [0.2, 0.25) is 0 Å². The van der Waals surface area contributed by atoms with Crippen LogP contribution in [-0.2, 0) is 11.3 Å². The Hall–Kier alpha value is -3.73. The Labute approximate surface area is 221 Å². The highest BCUT2D eigenvalue weighted by molar-refractivity contribution is 9.10. The molecule has 0 aliphatic carbocycles. The van der Waals surface area contributed by atoms with Gasteiger partial charge in [0, 0.05) is 43.2 Å². The average molecular weight is 566 g/mol. The molecule has 4 heterocycles. The number of rotatable bonds is 7. The van der Waals surface area contributed by atoms with Gasteiger partial charge in [0.15, 0.2) is 5.78 Å². The summed E-state index contributed by atoms with van der Waals surface area (Å²) in [5.74, 6) is 0.842. The number of Topliss-reactive ketones (excluding diaryl/α,β-unsaturated/α-hetero) is 1. The number of aryl methyl sites for hydroxylation is 1. The van der Waals surface area contributed by atoms with Crippen LogP contribution >= 0.6 is 15.9 Å². The molecule has 1 N–H and O–H groups in total. The summed E-state index contributed by atoms with van der Waals surface area (Å²) in [4.78, 5) is 40.1. The molecular formula is C26H25BrFN7O2. The predicted octanol–water partition coefficient (Wildman–Crippen LogP) is 4.21. The van der Waals surface area contributed by atoms with Gasteiger partial charge in [-0.05, 0) is 52.7 Å². The highest BCUT2D eigenvalue weighted by atomic mass is 79.9. The molecular weight excluding hydrogens is 541 g/mol. The normalized spacial score (nSPS) is 17.4. The molecule has 1 saturated heterocycles. The molecule has 0 unspecified atom stereocenters. The van der Waals surface area contributed by atoms with Gasteiger partial charge in [-0.25, -0.2) is 19.3 Å². The first-order valence-electron chi connectivity index (χ1n) is 11.9. The van der Waals surface area contributed by atoms with Gasteiger partial charge in [0.25, 0.3) is 0 Å². The molecule has 9 nitrogen and oxygen atoms in total. The Balaban J connectivity index is 1.38. The molecule has 4 aromatic rings. The molecule has 190 valence electrons. The number of alkyl halides is 1. The highest BCUT2D eigenvalue weighted by Gasteiger charge is 2.35. The Morgan fingerprint density at radius 3 is 2.68 bits per heavy atom. The fourth-order valence-electron chi connectivity index (χ4n) is 4.59. The van der Waals surface area contributed by atoms with Gasteiger partial charge < -0.3 is 10.2 Å². The lowest BCUT2D eigenvalue weighted by molar-refractivity contribution is -0.132. The minimum atomic E-state index is -1.10. The molecule has 5 rings (SSSR count). The molecule has 37 heavy (non-hydrogen) atoms. The molecule has 0 radical (unpaired) electrons. The van der Waals surface area contributed by atoms with E-state index in [1.165, 1.54) is 11.6 Å². The number of carbonyl (C=O) groups excluding carboxylic acids is 2. The number of anilines is 1. The summed E-state index contributed by atoms with van der Waals surface area (Å²) in [7, 11) is 0. The van der Waals surface area contributed by atoms with E-state index in [2.05, 4.69) is 41.3 Å². The molecule has 3 aromatic heterocycles. The number of hydrogen-bond donors (Lipinski definition) is 1. The van der Waals surface area contributed by atoms with E-state index in [-0.39, 0.29) is 42.9 Å². The summed E-state index contributed by atoms with van der Waals surface area (Å²) in [5.41, 5.74) is 2.58. The fraction of sp³-hybridized carbons (Fsp3) is 0.308. The van der Waals surface area contributed by atoms with Crippen LogP contribution in [0.4, 0.5) is 10.2 Å². The first-order valence-corrected chi connectivity index (χ1v) is 12.7. The van der Waals surface area contributed by atoms with E-state index in [4.69, 9.17) is 0 Å². The van der Waals surface area contributed by atoms with Gasteiger partial charge in [-0.15, -0.1) is 0 Å². The summed E-state index contributed by atoms with van der Waals surface area (Å²) in [5, 5.41) is 8.29. The Morgan fingerprint density at radius 2 is 1.95 bits per heavy atom. The monoisotopic (exact) mass is 565 g/mol. The number of nitrogens with one attached hydrogen (secondary N) is 1. The second kappa shape index (κ2) is 10.3. The standard InChI is InChI=1S/C26H25BrFN7O2/c1-15(36)26-21-8-17(18-10-29-16(2)30-11-18)6-7-22(21)35(33-26)14-25(37)34-13-19(28)9-20(34)12-31-24-5-3-4-23(27)32-24/h3-8,10-11,19-20H,9,12-14H2,1-2H3,(H,31,32)/t19-,20+/m1/s1. The number of ketones is 1. The summed E-state index contributed by atoms with van der Waals surface area (Å²) in [6.07, 6.45) is 2.59. The number of amides is 1. The van der Waals surface area contributed by atoms with Gasteiger partial charge in [-0.1, -0.05) is 12.1 Å². The van der Waals surface area contributed by atoms with E-state index >= 15 is 0 Å². The van der Waals surface area contributed by atoms with Crippen LogP contribution in [0.3, 0.4) is 0 Å². The number of halogens is 2. The predicted molar refractivity (Wildman–Crippen MR) is 141 cm³/mol. The number of nitrogens with zero attached hydrogens (tertiary/aromatic N) is 6. The van der Waals surface area contributed by atoms with Gasteiger partial charge in [-0.3, -0.25) is 14.3 Å². The maximum Gasteiger partial charge on any atom is 0.244 e. The largest absolute Gasteiger partial charge is 0.368 e. The first kappa shape index (κ1) is 24.9. The molecule has 1 amide bonds. The zero-order valence-corrected chi connectivity index (χ0v) is 21.9. The van der Waals surface area contributed by atoms with Crippen LogP contribution in [0.25, 0.3) is 22.0 Å². The van der Waals surface area contributed by atoms with Crippen molar-refractivity contribution in [3.8, 4) is 11.1 Å². The van der Waals surface area contributed by atoms with E-state index in [0.29, 0.717) is 33.7 Å². The molecule has 0 bridgehead atoms.